The monoisotopic (exact) mass is 400 g/mol. The number of carbonyl (C=O) groups is 1. The Hall–Kier alpha value is -2.77. The maximum absolute atomic E-state index is 13.1. The number of ether oxygens (including phenoxy) is 1. The van der Waals surface area contributed by atoms with Crippen LogP contribution in [0.25, 0.3) is 10.9 Å². The normalized spacial score (nSPS) is 14.1. The average Bonchev–Trinajstić information content (AvgIpc) is 3.17. The van der Waals surface area contributed by atoms with Gasteiger partial charge in [-0.25, -0.2) is 9.37 Å². The number of hydrogen-bond donors (Lipinski definition) is 1. The summed E-state index contributed by atoms with van der Waals surface area (Å²) in [6.45, 7) is 2.64. The number of halogens is 2. The smallest absolute Gasteiger partial charge is 0.255 e. The third kappa shape index (κ3) is 3.06. The van der Waals surface area contributed by atoms with E-state index in [2.05, 4.69) is 9.97 Å². The van der Waals surface area contributed by atoms with Crippen LogP contribution in [0, 0.1) is 5.82 Å². The number of pyridine rings is 2. The highest BCUT2D eigenvalue weighted by molar-refractivity contribution is 6.34. The lowest BCUT2D eigenvalue weighted by atomic mass is 10.0. The SMILES string of the molecule is C[C@@H](c1ccc(F)cn1)N(C)C(=O)c1cc2c3c(c(N)nc2cc1Cl)COC3. The fourth-order valence-corrected chi connectivity index (χ4v) is 3.59. The third-order valence-electron chi connectivity index (χ3n) is 5.13. The Bertz CT molecular complexity index is 1090. The van der Waals surface area contributed by atoms with Crippen molar-refractivity contribution in [1.29, 1.82) is 0 Å². The highest BCUT2D eigenvalue weighted by atomic mass is 35.5. The van der Waals surface area contributed by atoms with Crippen LogP contribution in [0.1, 0.15) is 40.1 Å². The van der Waals surface area contributed by atoms with Crippen molar-refractivity contribution >= 4 is 34.2 Å². The first kappa shape index (κ1) is 18.6. The van der Waals surface area contributed by atoms with Gasteiger partial charge in [-0.05, 0) is 36.8 Å². The lowest BCUT2D eigenvalue weighted by Gasteiger charge is -2.25. The highest BCUT2D eigenvalue weighted by Crippen LogP contribution is 2.34. The van der Waals surface area contributed by atoms with E-state index in [1.165, 1.54) is 11.0 Å². The summed E-state index contributed by atoms with van der Waals surface area (Å²) < 4.78 is 18.6. The zero-order valence-corrected chi connectivity index (χ0v) is 16.1. The maximum Gasteiger partial charge on any atom is 0.255 e. The van der Waals surface area contributed by atoms with Gasteiger partial charge in [0, 0.05) is 18.0 Å². The van der Waals surface area contributed by atoms with Crippen molar-refractivity contribution in [3.63, 3.8) is 0 Å². The summed E-state index contributed by atoms with van der Waals surface area (Å²) in [5, 5.41) is 1.09. The first-order chi connectivity index (χ1) is 13.4. The fraction of sp³-hybridized carbons (Fsp3) is 0.250. The molecule has 1 aromatic carbocycles. The number of hydrogen-bond acceptors (Lipinski definition) is 5. The number of fused-ring (bicyclic) bond motifs is 3. The molecule has 0 saturated heterocycles. The largest absolute Gasteiger partial charge is 0.383 e. The van der Waals surface area contributed by atoms with Gasteiger partial charge in [0.05, 0.1) is 47.2 Å². The van der Waals surface area contributed by atoms with Crippen LogP contribution in [0.3, 0.4) is 0 Å². The van der Waals surface area contributed by atoms with Crippen LogP contribution in [0.4, 0.5) is 10.2 Å². The van der Waals surface area contributed by atoms with E-state index < -0.39 is 5.82 Å². The van der Waals surface area contributed by atoms with E-state index in [1.54, 1.807) is 25.2 Å². The Morgan fingerprint density at radius 1 is 1.32 bits per heavy atom. The van der Waals surface area contributed by atoms with Gasteiger partial charge >= 0.3 is 0 Å². The van der Waals surface area contributed by atoms with Crippen LogP contribution in [0.15, 0.2) is 30.5 Å². The second-order valence-corrected chi connectivity index (χ2v) is 7.20. The predicted molar refractivity (Wildman–Crippen MR) is 104 cm³/mol. The van der Waals surface area contributed by atoms with Gasteiger partial charge in [0.2, 0.25) is 0 Å². The Balaban J connectivity index is 1.73. The Labute approximate surface area is 166 Å². The molecule has 8 heteroatoms. The van der Waals surface area contributed by atoms with Crippen molar-refractivity contribution in [3.8, 4) is 0 Å². The lowest BCUT2D eigenvalue weighted by Crippen LogP contribution is -2.30. The van der Waals surface area contributed by atoms with Gasteiger partial charge in [0.1, 0.15) is 11.6 Å². The third-order valence-corrected chi connectivity index (χ3v) is 5.44. The van der Waals surface area contributed by atoms with Gasteiger partial charge in [0.15, 0.2) is 0 Å². The molecule has 1 aliphatic heterocycles. The van der Waals surface area contributed by atoms with Crippen molar-refractivity contribution in [3.05, 3.63) is 63.7 Å². The molecule has 2 N–H and O–H groups in total. The van der Waals surface area contributed by atoms with Gasteiger partial charge in [-0.3, -0.25) is 9.78 Å². The van der Waals surface area contributed by atoms with Gasteiger partial charge < -0.3 is 15.4 Å². The summed E-state index contributed by atoms with van der Waals surface area (Å²) in [6, 6.07) is 5.90. The molecule has 1 aliphatic rings. The number of anilines is 1. The topological polar surface area (TPSA) is 81.3 Å². The minimum atomic E-state index is -0.426. The second kappa shape index (κ2) is 7.00. The van der Waals surface area contributed by atoms with Crippen molar-refractivity contribution in [2.24, 2.45) is 0 Å². The molecule has 28 heavy (non-hydrogen) atoms. The summed E-state index contributed by atoms with van der Waals surface area (Å²) >= 11 is 6.39. The molecule has 3 aromatic rings. The van der Waals surface area contributed by atoms with E-state index in [0.29, 0.717) is 35.8 Å². The molecule has 0 fully saturated rings. The molecule has 0 saturated carbocycles. The Kier molecular flexibility index (Phi) is 4.64. The fourth-order valence-electron chi connectivity index (χ4n) is 3.36. The molecule has 1 atom stereocenters. The van der Waals surface area contributed by atoms with Crippen molar-refractivity contribution in [2.75, 3.05) is 12.8 Å². The summed E-state index contributed by atoms with van der Waals surface area (Å²) in [4.78, 5) is 23.1. The maximum atomic E-state index is 13.1. The van der Waals surface area contributed by atoms with Crippen molar-refractivity contribution in [2.45, 2.75) is 26.2 Å². The summed E-state index contributed by atoms with van der Waals surface area (Å²) in [5.41, 5.74) is 9.35. The quantitative estimate of drug-likeness (QED) is 0.721. The molecular formula is C20H18ClFN4O2. The van der Waals surface area contributed by atoms with Crippen molar-refractivity contribution < 1.29 is 13.9 Å². The first-order valence-electron chi connectivity index (χ1n) is 8.73. The van der Waals surface area contributed by atoms with Crippen LogP contribution < -0.4 is 5.73 Å². The van der Waals surface area contributed by atoms with Crippen LogP contribution in [0.5, 0.6) is 0 Å². The number of nitrogens with two attached hydrogens (primary N) is 1. The molecule has 0 bridgehead atoms. The van der Waals surface area contributed by atoms with Crippen LogP contribution in [0.2, 0.25) is 5.02 Å². The molecule has 144 valence electrons. The summed E-state index contributed by atoms with van der Waals surface area (Å²) in [5.74, 6) is -0.274. The van der Waals surface area contributed by atoms with E-state index in [0.717, 1.165) is 22.7 Å². The number of rotatable bonds is 3. The molecule has 0 unspecified atom stereocenters. The molecule has 3 heterocycles. The zero-order chi connectivity index (χ0) is 20.0. The lowest BCUT2D eigenvalue weighted by molar-refractivity contribution is 0.0740. The number of nitrogens with zero attached hydrogens (tertiary/aromatic N) is 3. The molecule has 4 rings (SSSR count). The number of nitrogen functional groups attached to an aromatic ring is 1. The van der Waals surface area contributed by atoms with E-state index in [9.17, 15) is 9.18 Å². The average molecular weight is 401 g/mol. The van der Waals surface area contributed by atoms with Gasteiger partial charge in [-0.15, -0.1) is 0 Å². The molecule has 0 radical (unpaired) electrons. The molecular weight excluding hydrogens is 383 g/mol. The molecule has 6 nitrogen and oxygen atoms in total. The van der Waals surface area contributed by atoms with E-state index in [1.807, 2.05) is 6.92 Å². The van der Waals surface area contributed by atoms with E-state index >= 15 is 0 Å². The summed E-state index contributed by atoms with van der Waals surface area (Å²) in [7, 11) is 1.66. The number of aromatic nitrogens is 2. The number of amides is 1. The number of carbonyl (C=O) groups excluding carboxylic acids is 1. The number of benzene rings is 1. The highest BCUT2D eigenvalue weighted by Gasteiger charge is 2.25. The van der Waals surface area contributed by atoms with E-state index in [-0.39, 0.29) is 17.0 Å². The predicted octanol–water partition coefficient (Wildman–Crippen LogP) is 3.87. The minimum absolute atomic E-state index is 0.269. The van der Waals surface area contributed by atoms with Gasteiger partial charge in [-0.2, -0.15) is 0 Å². The zero-order valence-electron chi connectivity index (χ0n) is 15.4. The molecule has 0 aliphatic carbocycles. The Morgan fingerprint density at radius 2 is 2.07 bits per heavy atom. The first-order valence-corrected chi connectivity index (χ1v) is 9.11. The van der Waals surface area contributed by atoms with E-state index in [4.69, 9.17) is 22.1 Å². The van der Waals surface area contributed by atoms with Gasteiger partial charge in [-0.1, -0.05) is 11.6 Å². The summed E-state index contributed by atoms with van der Waals surface area (Å²) in [6.07, 6.45) is 1.13. The second-order valence-electron chi connectivity index (χ2n) is 6.79. The van der Waals surface area contributed by atoms with Crippen LogP contribution >= 0.6 is 11.6 Å². The molecule has 0 spiro atoms. The molecule has 1 amide bonds. The Morgan fingerprint density at radius 3 is 2.79 bits per heavy atom. The van der Waals surface area contributed by atoms with Crippen molar-refractivity contribution in [1.82, 2.24) is 14.9 Å². The standard InChI is InChI=1S/C20H18ClFN4O2/c1-10(17-4-3-11(22)7-24-17)26(2)20(27)13-5-12-14-8-28-9-15(14)19(23)25-18(12)6-16(13)21/h3-7,10H,8-9H2,1-2H3,(H2,23,25)/t10-/m0/s1. The van der Waals surface area contributed by atoms with Gasteiger partial charge in [0.25, 0.3) is 5.91 Å². The minimum Gasteiger partial charge on any atom is -0.383 e. The van der Waals surface area contributed by atoms with Crippen LogP contribution in [-0.2, 0) is 18.0 Å². The van der Waals surface area contributed by atoms with Crippen LogP contribution in [-0.4, -0.2) is 27.8 Å². The molecule has 2 aromatic heterocycles.